The van der Waals surface area contributed by atoms with Crippen LogP contribution in [0.5, 0.6) is 0 Å². The summed E-state index contributed by atoms with van der Waals surface area (Å²) < 4.78 is 0. The normalized spacial score (nSPS) is 22.1. The molecule has 36 heavy (non-hydrogen) atoms. The van der Waals surface area contributed by atoms with Crippen LogP contribution in [0.25, 0.3) is 11.3 Å². The first-order chi connectivity index (χ1) is 17.5. The van der Waals surface area contributed by atoms with Crippen LogP contribution in [0.2, 0.25) is 0 Å². The lowest BCUT2D eigenvalue weighted by Crippen LogP contribution is -2.52. The van der Waals surface area contributed by atoms with Gasteiger partial charge in [0.2, 0.25) is 11.8 Å². The molecule has 1 unspecified atom stereocenters. The SMILES string of the molecule is O=C1CCC(N2Cc3cc(-c4cc(CN5CC[C@@H](c6ccccc6)C5)ccn4)ccc3C2=O)C(=O)N1. The lowest BCUT2D eigenvalue weighted by atomic mass is 9.99. The van der Waals surface area contributed by atoms with E-state index < -0.39 is 11.9 Å². The number of aromatic nitrogens is 1. The van der Waals surface area contributed by atoms with Crippen molar-refractivity contribution in [1.29, 1.82) is 0 Å². The molecule has 4 heterocycles. The third-order valence-electron chi connectivity index (χ3n) is 7.59. The molecule has 1 aromatic heterocycles. The van der Waals surface area contributed by atoms with Gasteiger partial charge in [0.1, 0.15) is 6.04 Å². The number of likely N-dealkylation sites (tertiary alicyclic amines) is 1. The summed E-state index contributed by atoms with van der Waals surface area (Å²) in [6.07, 6.45) is 3.64. The van der Waals surface area contributed by atoms with Crippen LogP contribution in [-0.2, 0) is 22.7 Å². The summed E-state index contributed by atoms with van der Waals surface area (Å²) in [5, 5.41) is 2.35. The van der Waals surface area contributed by atoms with Gasteiger partial charge in [-0.2, -0.15) is 0 Å². The molecule has 6 rings (SSSR count). The van der Waals surface area contributed by atoms with Crippen LogP contribution in [0.1, 0.15) is 52.2 Å². The second kappa shape index (κ2) is 9.32. The Hall–Kier alpha value is -3.84. The molecule has 7 nitrogen and oxygen atoms in total. The molecular weight excluding hydrogens is 452 g/mol. The van der Waals surface area contributed by atoms with Crippen molar-refractivity contribution < 1.29 is 14.4 Å². The number of amides is 3. The molecule has 3 aromatic rings. The molecule has 2 aromatic carbocycles. The van der Waals surface area contributed by atoms with E-state index in [-0.39, 0.29) is 18.2 Å². The first kappa shape index (κ1) is 22.6. The van der Waals surface area contributed by atoms with Gasteiger partial charge in [0.25, 0.3) is 5.91 Å². The highest BCUT2D eigenvalue weighted by atomic mass is 16.2. The summed E-state index contributed by atoms with van der Waals surface area (Å²) in [5.41, 5.74) is 5.96. The van der Waals surface area contributed by atoms with E-state index in [2.05, 4.69) is 57.7 Å². The fourth-order valence-corrected chi connectivity index (χ4v) is 5.70. The van der Waals surface area contributed by atoms with E-state index in [1.807, 2.05) is 24.4 Å². The molecule has 0 saturated carbocycles. The van der Waals surface area contributed by atoms with E-state index in [1.165, 1.54) is 17.5 Å². The van der Waals surface area contributed by atoms with Gasteiger partial charge in [-0.1, -0.05) is 36.4 Å². The zero-order valence-electron chi connectivity index (χ0n) is 20.0. The zero-order chi connectivity index (χ0) is 24.6. The molecule has 2 saturated heterocycles. The Morgan fingerprint density at radius 1 is 0.972 bits per heavy atom. The van der Waals surface area contributed by atoms with Crippen LogP contribution >= 0.6 is 0 Å². The highest BCUT2D eigenvalue weighted by molar-refractivity contribution is 6.05. The quantitative estimate of drug-likeness (QED) is 0.566. The van der Waals surface area contributed by atoms with Crippen molar-refractivity contribution in [2.24, 2.45) is 0 Å². The standard InChI is InChI=1S/C29H28N4O3/c34-27-9-8-26(28(35)31-27)33-18-23-15-21(6-7-24(23)29(33)36)25-14-19(10-12-30-25)16-32-13-11-22(17-32)20-4-2-1-3-5-20/h1-7,10,12,14-15,22,26H,8-9,11,13,16-18H2,(H,31,34,35)/t22-,26?/m1/s1. The fourth-order valence-electron chi connectivity index (χ4n) is 5.70. The zero-order valence-corrected chi connectivity index (χ0v) is 20.0. The molecule has 2 atom stereocenters. The van der Waals surface area contributed by atoms with Gasteiger partial charge >= 0.3 is 0 Å². The molecule has 3 amide bonds. The van der Waals surface area contributed by atoms with Gasteiger partial charge in [-0.15, -0.1) is 0 Å². The van der Waals surface area contributed by atoms with E-state index >= 15 is 0 Å². The number of benzene rings is 2. The second-order valence-electron chi connectivity index (χ2n) is 9.95. The van der Waals surface area contributed by atoms with Gasteiger partial charge in [0, 0.05) is 43.4 Å². The van der Waals surface area contributed by atoms with Crippen LogP contribution in [0.4, 0.5) is 0 Å². The largest absolute Gasteiger partial charge is 0.322 e. The summed E-state index contributed by atoms with van der Waals surface area (Å²) in [5.74, 6) is -0.250. The minimum absolute atomic E-state index is 0.158. The van der Waals surface area contributed by atoms with E-state index in [4.69, 9.17) is 0 Å². The lowest BCUT2D eigenvalue weighted by molar-refractivity contribution is -0.136. The van der Waals surface area contributed by atoms with Crippen LogP contribution in [0.3, 0.4) is 0 Å². The number of piperidine rings is 1. The molecule has 0 spiro atoms. The Balaban J connectivity index is 1.16. The third-order valence-corrected chi connectivity index (χ3v) is 7.59. The molecule has 3 aliphatic rings. The predicted molar refractivity (Wildman–Crippen MR) is 135 cm³/mol. The maximum atomic E-state index is 13.0. The smallest absolute Gasteiger partial charge is 0.255 e. The van der Waals surface area contributed by atoms with Crippen molar-refractivity contribution in [2.45, 2.75) is 44.3 Å². The maximum Gasteiger partial charge on any atom is 0.255 e. The number of rotatable bonds is 5. The highest BCUT2D eigenvalue weighted by Crippen LogP contribution is 2.32. The lowest BCUT2D eigenvalue weighted by Gasteiger charge is -2.29. The van der Waals surface area contributed by atoms with Gasteiger partial charge < -0.3 is 4.90 Å². The molecule has 0 aliphatic carbocycles. The van der Waals surface area contributed by atoms with Gasteiger partial charge in [-0.3, -0.25) is 29.6 Å². The summed E-state index contributed by atoms with van der Waals surface area (Å²) in [4.78, 5) is 45.5. The molecule has 0 radical (unpaired) electrons. The van der Waals surface area contributed by atoms with Crippen molar-refractivity contribution in [2.75, 3.05) is 13.1 Å². The second-order valence-corrected chi connectivity index (χ2v) is 9.95. The Labute approximate surface area is 210 Å². The van der Waals surface area contributed by atoms with Crippen LogP contribution in [0.15, 0.2) is 66.9 Å². The number of fused-ring (bicyclic) bond motifs is 1. The fraction of sp³-hybridized carbons (Fsp3) is 0.310. The molecule has 182 valence electrons. The van der Waals surface area contributed by atoms with Crippen molar-refractivity contribution in [3.05, 3.63) is 89.1 Å². The van der Waals surface area contributed by atoms with E-state index in [0.29, 0.717) is 24.4 Å². The summed E-state index contributed by atoms with van der Waals surface area (Å²) in [7, 11) is 0. The number of nitrogens with zero attached hydrogens (tertiary/aromatic N) is 3. The minimum atomic E-state index is -0.604. The maximum absolute atomic E-state index is 13.0. The third kappa shape index (κ3) is 4.31. The number of carbonyl (C=O) groups is 3. The number of hydrogen-bond acceptors (Lipinski definition) is 5. The van der Waals surface area contributed by atoms with Crippen molar-refractivity contribution in [3.8, 4) is 11.3 Å². The van der Waals surface area contributed by atoms with Gasteiger partial charge in [-0.05, 0) is 66.3 Å². The van der Waals surface area contributed by atoms with Gasteiger partial charge in [0.05, 0.1) is 5.69 Å². The summed E-state index contributed by atoms with van der Waals surface area (Å²) >= 11 is 0. The molecule has 7 heteroatoms. The average molecular weight is 481 g/mol. The highest BCUT2D eigenvalue weighted by Gasteiger charge is 2.39. The topological polar surface area (TPSA) is 82.6 Å². The average Bonchev–Trinajstić information content (AvgIpc) is 3.49. The van der Waals surface area contributed by atoms with Crippen molar-refractivity contribution in [1.82, 2.24) is 20.1 Å². The molecule has 1 N–H and O–H groups in total. The summed E-state index contributed by atoms with van der Waals surface area (Å²) in [6, 6.07) is 20.1. The molecular formula is C29H28N4O3. The van der Waals surface area contributed by atoms with Crippen LogP contribution < -0.4 is 5.32 Å². The Kier molecular flexibility index (Phi) is 5.85. The first-order valence-corrected chi connectivity index (χ1v) is 12.6. The Morgan fingerprint density at radius 3 is 2.67 bits per heavy atom. The van der Waals surface area contributed by atoms with Crippen LogP contribution in [-0.4, -0.2) is 51.6 Å². The first-order valence-electron chi connectivity index (χ1n) is 12.6. The number of imide groups is 1. The monoisotopic (exact) mass is 480 g/mol. The van der Waals surface area contributed by atoms with Crippen molar-refractivity contribution in [3.63, 3.8) is 0 Å². The van der Waals surface area contributed by atoms with Crippen LogP contribution in [0, 0.1) is 0 Å². The van der Waals surface area contributed by atoms with E-state index in [0.717, 1.165) is 36.5 Å². The number of pyridine rings is 1. The molecule has 2 fully saturated rings. The number of carbonyl (C=O) groups excluding carboxylic acids is 3. The Morgan fingerprint density at radius 2 is 1.83 bits per heavy atom. The number of nitrogens with one attached hydrogen (secondary N) is 1. The van der Waals surface area contributed by atoms with Crippen molar-refractivity contribution >= 4 is 17.7 Å². The predicted octanol–water partition coefficient (Wildman–Crippen LogP) is 3.50. The van der Waals surface area contributed by atoms with E-state index in [9.17, 15) is 14.4 Å². The van der Waals surface area contributed by atoms with E-state index in [1.54, 1.807) is 4.90 Å². The Bertz CT molecular complexity index is 1340. The number of hydrogen-bond donors (Lipinski definition) is 1. The minimum Gasteiger partial charge on any atom is -0.322 e. The van der Waals surface area contributed by atoms with Gasteiger partial charge in [0.15, 0.2) is 0 Å². The molecule has 3 aliphatic heterocycles. The van der Waals surface area contributed by atoms with Gasteiger partial charge in [-0.25, -0.2) is 0 Å². The molecule has 0 bridgehead atoms. The summed E-state index contributed by atoms with van der Waals surface area (Å²) in [6.45, 7) is 3.38.